The van der Waals surface area contributed by atoms with Gasteiger partial charge in [0, 0.05) is 16.8 Å². The van der Waals surface area contributed by atoms with E-state index < -0.39 is 0 Å². The molecule has 3 rings (SSSR count). The first-order valence-electron chi connectivity index (χ1n) is 6.96. The van der Waals surface area contributed by atoms with Crippen molar-refractivity contribution in [3.05, 3.63) is 52.6 Å². The Balaban J connectivity index is 1.85. The first kappa shape index (κ1) is 13.8. The number of hydrogen-bond acceptors (Lipinski definition) is 4. The average molecular weight is 285 g/mol. The highest BCUT2D eigenvalue weighted by Gasteiger charge is 2.16. The third-order valence-electron chi connectivity index (χ3n) is 3.75. The second-order valence-electron chi connectivity index (χ2n) is 5.27. The highest BCUT2D eigenvalue weighted by Crippen LogP contribution is 2.32. The molecule has 0 saturated carbocycles. The molecule has 0 saturated heterocycles. The van der Waals surface area contributed by atoms with Crippen LogP contribution in [0.15, 0.2) is 30.3 Å². The molecule has 0 unspecified atom stereocenters. The molecule has 1 aliphatic rings. The fourth-order valence-corrected chi connectivity index (χ4v) is 2.47. The van der Waals surface area contributed by atoms with Gasteiger partial charge in [-0.1, -0.05) is 12.1 Å². The molecule has 2 aromatic carbocycles. The Morgan fingerprint density at radius 2 is 2.10 bits per heavy atom. The Morgan fingerprint density at radius 1 is 1.24 bits per heavy atom. The fraction of sp³-hybridized carbons (Fsp3) is 0.294. The number of ether oxygens (including phenoxy) is 3. The first-order valence-corrected chi connectivity index (χ1v) is 6.96. The van der Waals surface area contributed by atoms with Gasteiger partial charge in [-0.2, -0.15) is 0 Å². The number of nitrogens with two attached hydrogens (primary N) is 1. The Hall–Kier alpha value is -2.20. The average Bonchev–Trinajstić information content (AvgIpc) is 2.48. The molecule has 0 aromatic heterocycles. The van der Waals surface area contributed by atoms with Crippen molar-refractivity contribution in [1.82, 2.24) is 0 Å². The van der Waals surface area contributed by atoms with Crippen molar-refractivity contribution in [2.45, 2.75) is 27.1 Å². The zero-order valence-corrected chi connectivity index (χ0v) is 12.3. The van der Waals surface area contributed by atoms with E-state index in [0.717, 1.165) is 28.2 Å². The number of aryl methyl sites for hydroxylation is 1. The number of rotatable bonds is 3. The van der Waals surface area contributed by atoms with Gasteiger partial charge in [0.15, 0.2) is 6.79 Å². The second kappa shape index (κ2) is 5.66. The zero-order chi connectivity index (χ0) is 14.8. The highest BCUT2D eigenvalue weighted by molar-refractivity contribution is 5.53. The van der Waals surface area contributed by atoms with Crippen LogP contribution in [0.2, 0.25) is 0 Å². The summed E-state index contributed by atoms with van der Waals surface area (Å²) < 4.78 is 16.8. The Labute approximate surface area is 124 Å². The Morgan fingerprint density at radius 3 is 2.95 bits per heavy atom. The van der Waals surface area contributed by atoms with Gasteiger partial charge in [-0.25, -0.2) is 0 Å². The molecule has 4 nitrogen and oxygen atoms in total. The molecule has 0 fully saturated rings. The number of fused-ring (bicyclic) bond motifs is 1. The lowest BCUT2D eigenvalue weighted by molar-refractivity contribution is -0.0175. The summed E-state index contributed by atoms with van der Waals surface area (Å²) in [7, 11) is 0. The van der Waals surface area contributed by atoms with E-state index in [1.54, 1.807) is 0 Å². The zero-order valence-electron chi connectivity index (χ0n) is 12.3. The predicted molar refractivity (Wildman–Crippen MR) is 81.4 cm³/mol. The third kappa shape index (κ3) is 2.81. The van der Waals surface area contributed by atoms with Crippen LogP contribution in [0.4, 0.5) is 5.69 Å². The highest BCUT2D eigenvalue weighted by atomic mass is 16.7. The van der Waals surface area contributed by atoms with Crippen molar-refractivity contribution in [3.8, 4) is 11.5 Å². The molecule has 0 aliphatic carbocycles. The molecule has 21 heavy (non-hydrogen) atoms. The van der Waals surface area contributed by atoms with Crippen molar-refractivity contribution in [1.29, 1.82) is 0 Å². The molecular weight excluding hydrogens is 266 g/mol. The van der Waals surface area contributed by atoms with Crippen LogP contribution in [0.25, 0.3) is 0 Å². The molecule has 2 aromatic rings. The van der Waals surface area contributed by atoms with E-state index in [-0.39, 0.29) is 6.79 Å². The van der Waals surface area contributed by atoms with Gasteiger partial charge < -0.3 is 19.9 Å². The minimum Gasteiger partial charge on any atom is -0.488 e. The summed E-state index contributed by atoms with van der Waals surface area (Å²) in [5, 5.41) is 0. The maximum absolute atomic E-state index is 5.95. The van der Waals surface area contributed by atoms with Crippen LogP contribution in [0.3, 0.4) is 0 Å². The minimum absolute atomic E-state index is 0.271. The van der Waals surface area contributed by atoms with E-state index in [1.165, 1.54) is 5.56 Å². The largest absolute Gasteiger partial charge is 0.488 e. The van der Waals surface area contributed by atoms with Crippen LogP contribution in [-0.2, 0) is 18.0 Å². The van der Waals surface area contributed by atoms with E-state index in [4.69, 9.17) is 19.9 Å². The van der Waals surface area contributed by atoms with Crippen molar-refractivity contribution in [2.24, 2.45) is 0 Å². The molecule has 2 N–H and O–H groups in total. The van der Waals surface area contributed by atoms with Crippen LogP contribution in [0, 0.1) is 13.8 Å². The van der Waals surface area contributed by atoms with E-state index in [9.17, 15) is 0 Å². The minimum atomic E-state index is 0.271. The smallest absolute Gasteiger partial charge is 0.189 e. The molecule has 0 spiro atoms. The van der Waals surface area contributed by atoms with Gasteiger partial charge in [0.2, 0.25) is 0 Å². The summed E-state index contributed by atoms with van der Waals surface area (Å²) in [5.41, 5.74) is 10.9. The van der Waals surface area contributed by atoms with E-state index in [1.807, 2.05) is 24.3 Å². The normalized spacial score (nSPS) is 13.4. The first-order chi connectivity index (χ1) is 10.1. The quantitative estimate of drug-likeness (QED) is 0.879. The molecule has 0 atom stereocenters. The van der Waals surface area contributed by atoms with Crippen LogP contribution in [0.1, 0.15) is 22.3 Å². The van der Waals surface area contributed by atoms with Gasteiger partial charge in [0.05, 0.1) is 6.61 Å². The van der Waals surface area contributed by atoms with Crippen molar-refractivity contribution in [2.75, 3.05) is 12.5 Å². The molecule has 1 heterocycles. The maximum Gasteiger partial charge on any atom is 0.189 e. The third-order valence-corrected chi connectivity index (χ3v) is 3.75. The predicted octanol–water partition coefficient (Wildman–Crippen LogP) is 3.33. The van der Waals surface area contributed by atoms with Crippen LogP contribution in [-0.4, -0.2) is 6.79 Å². The van der Waals surface area contributed by atoms with Crippen molar-refractivity contribution < 1.29 is 14.2 Å². The molecule has 110 valence electrons. The lowest BCUT2D eigenvalue weighted by Crippen LogP contribution is -2.14. The summed E-state index contributed by atoms with van der Waals surface area (Å²) in [6.07, 6.45) is 0. The van der Waals surface area contributed by atoms with Gasteiger partial charge in [-0.3, -0.25) is 0 Å². The number of anilines is 1. The maximum atomic E-state index is 5.95. The van der Waals surface area contributed by atoms with Crippen LogP contribution in [0.5, 0.6) is 11.5 Å². The van der Waals surface area contributed by atoms with Gasteiger partial charge >= 0.3 is 0 Å². The molecule has 0 amide bonds. The van der Waals surface area contributed by atoms with Crippen LogP contribution >= 0.6 is 0 Å². The Kier molecular flexibility index (Phi) is 3.71. The lowest BCUT2D eigenvalue weighted by Gasteiger charge is -2.21. The lowest BCUT2D eigenvalue weighted by atomic mass is 10.1. The summed E-state index contributed by atoms with van der Waals surface area (Å²) >= 11 is 0. The summed E-state index contributed by atoms with van der Waals surface area (Å²) in [5.74, 6) is 1.72. The number of benzene rings is 2. The monoisotopic (exact) mass is 285 g/mol. The van der Waals surface area contributed by atoms with Gasteiger partial charge in [-0.05, 0) is 43.2 Å². The number of hydrogen-bond donors (Lipinski definition) is 1. The summed E-state index contributed by atoms with van der Waals surface area (Å²) in [6.45, 7) is 5.36. The molecule has 4 heteroatoms. The molecule has 0 radical (unpaired) electrons. The standard InChI is InChI=1S/C17H19NO3/c1-11-4-3-5-16(12(11)2)20-9-14-7-15(18)6-13-8-19-10-21-17(13)14/h3-7H,8-10,18H2,1-2H3. The van der Waals surface area contributed by atoms with E-state index in [2.05, 4.69) is 19.9 Å². The second-order valence-corrected chi connectivity index (χ2v) is 5.27. The van der Waals surface area contributed by atoms with Gasteiger partial charge in [-0.15, -0.1) is 0 Å². The Bertz CT molecular complexity index is 667. The summed E-state index contributed by atoms with van der Waals surface area (Å²) in [4.78, 5) is 0. The SMILES string of the molecule is Cc1cccc(OCc2cc(N)cc3c2OCOC3)c1C. The molecule has 1 aliphatic heterocycles. The van der Waals surface area contributed by atoms with Gasteiger partial charge in [0.25, 0.3) is 0 Å². The number of nitrogen functional groups attached to an aromatic ring is 1. The van der Waals surface area contributed by atoms with Crippen molar-refractivity contribution in [3.63, 3.8) is 0 Å². The van der Waals surface area contributed by atoms with Crippen LogP contribution < -0.4 is 15.2 Å². The van der Waals surface area contributed by atoms with E-state index in [0.29, 0.717) is 18.9 Å². The fourth-order valence-electron chi connectivity index (χ4n) is 2.47. The van der Waals surface area contributed by atoms with Crippen molar-refractivity contribution >= 4 is 5.69 Å². The van der Waals surface area contributed by atoms with Gasteiger partial charge in [0.1, 0.15) is 18.1 Å². The molecular formula is C17H19NO3. The molecule has 0 bridgehead atoms. The topological polar surface area (TPSA) is 53.7 Å². The summed E-state index contributed by atoms with van der Waals surface area (Å²) in [6, 6.07) is 9.83. The van der Waals surface area contributed by atoms with E-state index >= 15 is 0 Å².